The van der Waals surface area contributed by atoms with E-state index < -0.39 is 29.2 Å². The van der Waals surface area contributed by atoms with Crippen molar-refractivity contribution in [1.82, 2.24) is 0 Å². The van der Waals surface area contributed by atoms with Crippen molar-refractivity contribution in [2.75, 3.05) is 0 Å². The molecule has 0 unspecified atom stereocenters. The molecule has 0 aliphatic carbocycles. The van der Waals surface area contributed by atoms with Crippen LogP contribution in [0.2, 0.25) is 23.2 Å². The molecule has 0 N–H and O–H groups in total. The zero-order valence-electron chi connectivity index (χ0n) is 14.9. The zero-order valence-corrected chi connectivity index (χ0v) is 19.8. The van der Waals surface area contributed by atoms with Gasteiger partial charge in [0.2, 0.25) is 0 Å². The molecule has 0 aliphatic rings. The van der Waals surface area contributed by atoms with Crippen LogP contribution in [0.15, 0.2) is 91.0 Å². The average molecular weight is 526 g/mol. The second-order valence-electron chi connectivity index (χ2n) is 7.74. The summed E-state index contributed by atoms with van der Waals surface area (Å²) in [5, 5.41) is 0. The van der Waals surface area contributed by atoms with Gasteiger partial charge in [0.25, 0.3) is 0 Å². The summed E-state index contributed by atoms with van der Waals surface area (Å²) in [7, 11) is -1.24. The molecule has 0 saturated carbocycles. The van der Waals surface area contributed by atoms with Gasteiger partial charge < -0.3 is 0 Å². The van der Waals surface area contributed by atoms with E-state index in [1.54, 1.807) is 9.37 Å². The van der Waals surface area contributed by atoms with Gasteiger partial charge >= 0.3 is 153 Å². The summed E-state index contributed by atoms with van der Waals surface area (Å²) in [6.45, 7) is 7.57. The van der Waals surface area contributed by atoms with Gasteiger partial charge in [0.05, 0.1) is 0 Å². The van der Waals surface area contributed by atoms with Crippen molar-refractivity contribution in [3.63, 3.8) is 0 Å². The Balaban J connectivity index is 2.33. The van der Waals surface area contributed by atoms with Crippen molar-refractivity contribution >= 4 is 38.6 Å². The Bertz CT molecular complexity index is 665. The van der Waals surface area contributed by atoms with Crippen LogP contribution < -0.4 is 9.37 Å². The standard InChI is InChI=1S/3C6H5.C4H11Si.Pb/c3*1-2-4-6-5-3-1;1-5(2,3)4;/h3*1-5H;1H2,2-4H3;. The van der Waals surface area contributed by atoms with Crippen LogP contribution in [-0.4, -0.2) is 29.2 Å². The molecule has 0 bridgehead atoms. The van der Waals surface area contributed by atoms with E-state index in [4.69, 9.17) is 0 Å². The Hall–Kier alpha value is -1.20. The third kappa shape index (κ3) is 3.72. The molecule has 0 atom stereocenters. The predicted octanol–water partition coefficient (Wildman–Crippen LogP) is 4.03. The zero-order chi connectivity index (χ0) is 17.0. The first kappa shape index (κ1) is 17.6. The summed E-state index contributed by atoms with van der Waals surface area (Å²) < 4.78 is 6.26. The number of hydrogen-bond acceptors (Lipinski definition) is 0. The van der Waals surface area contributed by atoms with Crippen LogP contribution in [0.1, 0.15) is 0 Å². The molecular weight excluding hydrogens is 500 g/mol. The molecule has 0 aliphatic heterocycles. The number of hydrogen-bond donors (Lipinski definition) is 0. The Morgan fingerprint density at radius 1 is 0.542 bits per heavy atom. The van der Waals surface area contributed by atoms with Crippen molar-refractivity contribution in [3.8, 4) is 0 Å². The molecule has 3 rings (SSSR count). The van der Waals surface area contributed by atoms with E-state index in [0.29, 0.717) is 0 Å². The molecule has 0 saturated heterocycles. The number of rotatable bonds is 5. The van der Waals surface area contributed by atoms with Crippen LogP contribution in [0, 0.1) is 0 Å². The van der Waals surface area contributed by atoms with E-state index >= 15 is 0 Å². The second kappa shape index (κ2) is 7.36. The van der Waals surface area contributed by atoms with Crippen LogP contribution >= 0.6 is 0 Å². The molecule has 0 fully saturated rings. The van der Waals surface area contributed by atoms with Gasteiger partial charge in [0.15, 0.2) is 0 Å². The van der Waals surface area contributed by atoms with Crippen molar-refractivity contribution in [3.05, 3.63) is 91.0 Å². The van der Waals surface area contributed by atoms with Crippen LogP contribution in [0.5, 0.6) is 0 Å². The van der Waals surface area contributed by atoms with Crippen molar-refractivity contribution in [2.24, 2.45) is 0 Å². The first-order chi connectivity index (χ1) is 11.5. The van der Waals surface area contributed by atoms with E-state index in [2.05, 4.69) is 111 Å². The summed E-state index contributed by atoms with van der Waals surface area (Å²) in [5.41, 5.74) is 0. The normalized spacial score (nSPS) is 12.1. The molecule has 122 valence electrons. The molecule has 0 spiro atoms. The third-order valence-electron chi connectivity index (χ3n) is 4.60. The molecule has 0 amide bonds. The van der Waals surface area contributed by atoms with Crippen LogP contribution in [0.4, 0.5) is 0 Å². The van der Waals surface area contributed by atoms with Crippen molar-refractivity contribution in [1.29, 1.82) is 0 Å². The third-order valence-corrected chi connectivity index (χ3v) is 40.1. The van der Waals surface area contributed by atoms with E-state index in [0.717, 1.165) is 0 Å². The molecule has 24 heavy (non-hydrogen) atoms. The molecule has 0 aromatic heterocycles. The predicted molar refractivity (Wildman–Crippen MR) is 112 cm³/mol. The molecule has 0 heterocycles. The minimum absolute atomic E-state index is 1.24. The molecule has 3 aromatic carbocycles. The topological polar surface area (TPSA) is 0 Å². The van der Waals surface area contributed by atoms with Gasteiger partial charge in [-0.2, -0.15) is 0 Å². The average Bonchev–Trinajstić information content (AvgIpc) is 2.61. The summed E-state index contributed by atoms with van der Waals surface area (Å²) in [6.07, 6.45) is 0. The van der Waals surface area contributed by atoms with Gasteiger partial charge in [0.1, 0.15) is 0 Å². The molecule has 2 heteroatoms. The van der Waals surface area contributed by atoms with Gasteiger partial charge in [0, 0.05) is 0 Å². The fraction of sp³-hybridized carbons (Fsp3) is 0.182. The molecular formula is C22H26PbSi. The van der Waals surface area contributed by atoms with E-state index in [9.17, 15) is 0 Å². The monoisotopic (exact) mass is 526 g/mol. The molecule has 3 aromatic rings. The van der Waals surface area contributed by atoms with E-state index in [1.807, 2.05) is 0 Å². The maximum atomic E-state index is 2.52. The van der Waals surface area contributed by atoms with Gasteiger partial charge in [-0.05, 0) is 0 Å². The summed E-state index contributed by atoms with van der Waals surface area (Å²) in [6, 6.07) is 34.1. The maximum absolute atomic E-state index is 3.15. The fourth-order valence-corrected chi connectivity index (χ4v) is 44.4. The minimum atomic E-state index is -3.15. The second-order valence-corrected chi connectivity index (χ2v) is 31.1. The molecule has 0 radical (unpaired) electrons. The Morgan fingerprint density at radius 2 is 0.833 bits per heavy atom. The van der Waals surface area contributed by atoms with Gasteiger partial charge in [-0.15, -0.1) is 0 Å². The summed E-state index contributed by atoms with van der Waals surface area (Å²) in [5.74, 6) is 0. The fourth-order valence-electron chi connectivity index (χ4n) is 3.77. The van der Waals surface area contributed by atoms with E-state index in [-0.39, 0.29) is 0 Å². The van der Waals surface area contributed by atoms with E-state index in [1.165, 1.54) is 3.60 Å². The van der Waals surface area contributed by atoms with Crippen LogP contribution in [-0.2, 0) is 0 Å². The number of benzene rings is 3. The first-order valence-corrected chi connectivity index (χ1v) is 21.0. The summed E-state index contributed by atoms with van der Waals surface area (Å²) in [4.78, 5) is 0. The van der Waals surface area contributed by atoms with Crippen molar-refractivity contribution < 1.29 is 0 Å². The van der Waals surface area contributed by atoms with Gasteiger partial charge in [-0.3, -0.25) is 0 Å². The molecule has 0 nitrogen and oxygen atoms in total. The summed E-state index contributed by atoms with van der Waals surface area (Å²) >= 11 is -3.15. The van der Waals surface area contributed by atoms with Crippen LogP contribution in [0.25, 0.3) is 0 Å². The quantitative estimate of drug-likeness (QED) is 0.442. The Kier molecular flexibility index (Phi) is 5.40. The van der Waals surface area contributed by atoms with Crippen LogP contribution in [0.3, 0.4) is 0 Å². The van der Waals surface area contributed by atoms with Crippen molar-refractivity contribution in [2.45, 2.75) is 23.2 Å². The SMILES string of the molecule is C[Si](C)(C)[CH2][Pb]([c]1ccccc1)([c]1ccccc1)[c]1ccccc1. The Labute approximate surface area is 152 Å². The Morgan fingerprint density at radius 3 is 1.08 bits per heavy atom. The van der Waals surface area contributed by atoms with Gasteiger partial charge in [-0.25, -0.2) is 0 Å². The van der Waals surface area contributed by atoms with Gasteiger partial charge in [-0.1, -0.05) is 0 Å². The first-order valence-electron chi connectivity index (χ1n) is 8.69.